The van der Waals surface area contributed by atoms with Gasteiger partial charge in [-0.2, -0.15) is 0 Å². The molecular formula is C26H31BN6O3. The van der Waals surface area contributed by atoms with Crippen molar-refractivity contribution >= 4 is 24.1 Å². The van der Waals surface area contributed by atoms with Gasteiger partial charge in [0.2, 0.25) is 0 Å². The number of aromatic nitrogens is 3. The fourth-order valence-electron chi connectivity index (χ4n) is 3.61. The Hall–Kier alpha value is -4.08. The smallest absolute Gasteiger partial charge is 0.363 e. The number of nitrogens with zero attached hydrogens (tertiary/aromatic N) is 5. The summed E-state index contributed by atoms with van der Waals surface area (Å²) in [4.78, 5) is 55.4. The van der Waals surface area contributed by atoms with E-state index in [0.29, 0.717) is 32.4 Å². The maximum atomic E-state index is 13.3. The van der Waals surface area contributed by atoms with E-state index in [2.05, 4.69) is 20.3 Å². The first-order valence-corrected chi connectivity index (χ1v) is 11.9. The predicted molar refractivity (Wildman–Crippen MR) is 139 cm³/mol. The van der Waals surface area contributed by atoms with Gasteiger partial charge in [-0.3, -0.25) is 29.3 Å². The number of likely N-dealkylation sites (N-methyl/N-ethyl adjacent to an activating group) is 2. The minimum Gasteiger partial charge on any atom is -0.363 e. The molecule has 10 heteroatoms. The van der Waals surface area contributed by atoms with Gasteiger partial charge in [-0.15, -0.1) is 0 Å². The van der Waals surface area contributed by atoms with E-state index in [0.717, 1.165) is 17.1 Å². The molecule has 0 radical (unpaired) electrons. The lowest BCUT2D eigenvalue weighted by atomic mass is 9.46. The highest BCUT2D eigenvalue weighted by Gasteiger charge is 2.43. The molecule has 3 heterocycles. The Morgan fingerprint density at radius 1 is 0.694 bits per heavy atom. The van der Waals surface area contributed by atoms with Crippen LogP contribution in [0.5, 0.6) is 0 Å². The first-order valence-electron chi connectivity index (χ1n) is 11.9. The highest BCUT2D eigenvalue weighted by atomic mass is 16.2. The number of nitrogens with one attached hydrogen (secondary N) is 1. The molecule has 3 aromatic heterocycles. The van der Waals surface area contributed by atoms with Crippen molar-refractivity contribution < 1.29 is 14.4 Å². The zero-order valence-electron chi connectivity index (χ0n) is 20.7. The van der Waals surface area contributed by atoms with E-state index in [1.807, 2.05) is 54.6 Å². The van der Waals surface area contributed by atoms with E-state index in [1.165, 1.54) is 9.80 Å². The van der Waals surface area contributed by atoms with E-state index in [9.17, 15) is 14.4 Å². The molecule has 3 rings (SSSR count). The van der Waals surface area contributed by atoms with Gasteiger partial charge in [0.15, 0.2) is 17.4 Å². The molecule has 0 atom stereocenters. The fourth-order valence-corrected chi connectivity index (χ4v) is 3.61. The van der Waals surface area contributed by atoms with Crippen LogP contribution in [0.15, 0.2) is 73.2 Å². The van der Waals surface area contributed by atoms with Crippen LogP contribution in [-0.4, -0.2) is 82.6 Å². The molecule has 0 unspecified atom stereocenters. The minimum atomic E-state index is -1.48. The van der Waals surface area contributed by atoms with Crippen LogP contribution in [0, 0.1) is 0 Å². The minimum absolute atomic E-state index is 0.266. The van der Waals surface area contributed by atoms with E-state index in [4.69, 9.17) is 0 Å². The van der Waals surface area contributed by atoms with Gasteiger partial charge in [0.1, 0.15) is 0 Å². The maximum Gasteiger partial charge on any atom is 0.457 e. The number of pyridine rings is 3. The van der Waals surface area contributed by atoms with Gasteiger partial charge in [-0.25, -0.2) is 0 Å². The lowest BCUT2D eigenvalue weighted by Crippen LogP contribution is -2.57. The molecule has 0 aromatic carbocycles. The second-order valence-corrected chi connectivity index (χ2v) is 8.46. The molecule has 3 aromatic rings. The number of amides is 3. The van der Waals surface area contributed by atoms with Crippen LogP contribution < -0.4 is 5.32 Å². The maximum absolute atomic E-state index is 13.3. The molecule has 0 saturated heterocycles. The molecule has 0 saturated carbocycles. The molecule has 0 spiro atoms. The van der Waals surface area contributed by atoms with Crippen LogP contribution in [-0.2, 0) is 19.3 Å². The van der Waals surface area contributed by atoms with Crippen molar-refractivity contribution in [3.8, 4) is 0 Å². The summed E-state index contributed by atoms with van der Waals surface area (Å²) in [6.45, 7) is -0.546. The van der Waals surface area contributed by atoms with Crippen molar-refractivity contribution in [1.82, 2.24) is 30.1 Å². The van der Waals surface area contributed by atoms with Crippen LogP contribution >= 0.6 is 0 Å². The quantitative estimate of drug-likeness (QED) is 0.395. The van der Waals surface area contributed by atoms with Crippen LogP contribution in [0.3, 0.4) is 0 Å². The first kappa shape index (κ1) is 26.5. The summed E-state index contributed by atoms with van der Waals surface area (Å²) in [7, 11) is 3.20. The first-order chi connectivity index (χ1) is 17.5. The number of carbonyl (C=O) groups is 3. The molecule has 36 heavy (non-hydrogen) atoms. The molecular weight excluding hydrogens is 455 g/mol. The Morgan fingerprint density at radius 3 is 1.50 bits per heavy atom. The highest BCUT2D eigenvalue weighted by Crippen LogP contribution is 2.06. The van der Waals surface area contributed by atoms with Crippen LogP contribution in [0.2, 0.25) is 0 Å². The second-order valence-electron chi connectivity index (χ2n) is 8.46. The second kappa shape index (κ2) is 13.7. The summed E-state index contributed by atoms with van der Waals surface area (Å²) in [6, 6.07) is 16.7. The van der Waals surface area contributed by atoms with E-state index in [-0.39, 0.29) is 6.54 Å². The SMILES string of the molecule is CN(CCc1ccccn1)C(=O)B(C(=O)NCCc1ccccn1)C(=O)N(C)CCc1ccccn1. The van der Waals surface area contributed by atoms with Crippen LogP contribution in [0.4, 0.5) is 14.4 Å². The monoisotopic (exact) mass is 486 g/mol. The lowest BCUT2D eigenvalue weighted by Gasteiger charge is -2.25. The van der Waals surface area contributed by atoms with Gasteiger partial charge in [-0.05, 0) is 36.4 Å². The predicted octanol–water partition coefficient (Wildman–Crippen LogP) is 2.95. The van der Waals surface area contributed by atoms with Crippen molar-refractivity contribution in [1.29, 1.82) is 0 Å². The van der Waals surface area contributed by atoms with Crippen LogP contribution in [0.1, 0.15) is 17.1 Å². The molecule has 186 valence electrons. The van der Waals surface area contributed by atoms with Gasteiger partial charge in [0, 0.05) is 88.7 Å². The molecule has 3 amide bonds. The topological polar surface area (TPSA) is 108 Å². The van der Waals surface area contributed by atoms with Crippen molar-refractivity contribution in [2.45, 2.75) is 19.3 Å². The lowest BCUT2D eigenvalue weighted by molar-refractivity contribution is 0.222. The van der Waals surface area contributed by atoms with E-state index >= 15 is 0 Å². The molecule has 0 fully saturated rings. The Labute approximate surface area is 212 Å². The van der Waals surface area contributed by atoms with Gasteiger partial charge in [-0.1, -0.05) is 18.2 Å². The number of hydrogen-bond donors (Lipinski definition) is 1. The Morgan fingerprint density at radius 2 is 1.11 bits per heavy atom. The molecule has 0 aliphatic heterocycles. The average Bonchev–Trinajstić information content (AvgIpc) is 2.92. The van der Waals surface area contributed by atoms with Gasteiger partial charge < -0.3 is 15.1 Å². The summed E-state index contributed by atoms with van der Waals surface area (Å²) >= 11 is 0. The largest absolute Gasteiger partial charge is 0.457 e. The third-order valence-corrected chi connectivity index (χ3v) is 5.77. The van der Waals surface area contributed by atoms with Crippen molar-refractivity contribution in [3.05, 3.63) is 90.3 Å². The standard InChI is InChI=1S/C26H31BN6O3/c1-32(19-13-22-10-4-7-16-29-22)25(35)27(24(34)31-18-12-21-9-3-6-15-28-21)26(36)33(2)20-14-23-11-5-8-17-30-23/h3-11,15-17H,12-14,18-20H2,1-2H3,(H,31,34). The molecule has 0 bridgehead atoms. The summed E-state index contributed by atoms with van der Waals surface area (Å²) in [6.07, 6.45) is 6.58. The van der Waals surface area contributed by atoms with Crippen LogP contribution in [0.25, 0.3) is 0 Å². The number of rotatable bonds is 12. The summed E-state index contributed by atoms with van der Waals surface area (Å²) in [5.41, 5.74) is 2.46. The Bertz CT molecular complexity index is 1060. The summed E-state index contributed by atoms with van der Waals surface area (Å²) < 4.78 is 0. The van der Waals surface area contributed by atoms with Gasteiger partial charge in [0.05, 0.1) is 0 Å². The van der Waals surface area contributed by atoms with E-state index < -0.39 is 24.1 Å². The third kappa shape index (κ3) is 8.01. The molecule has 0 aliphatic carbocycles. The number of hydrogen-bond acceptors (Lipinski definition) is 6. The van der Waals surface area contributed by atoms with Crippen molar-refractivity contribution in [2.24, 2.45) is 0 Å². The Kier molecular flexibility index (Phi) is 10.1. The fraction of sp³-hybridized carbons (Fsp3) is 0.308. The highest BCUT2D eigenvalue weighted by molar-refractivity contribution is 7.27. The van der Waals surface area contributed by atoms with Gasteiger partial charge in [0.25, 0.3) is 0 Å². The van der Waals surface area contributed by atoms with Crippen molar-refractivity contribution in [2.75, 3.05) is 33.7 Å². The molecule has 0 aliphatic rings. The zero-order chi connectivity index (χ0) is 25.8. The molecule has 9 nitrogen and oxygen atoms in total. The van der Waals surface area contributed by atoms with Gasteiger partial charge >= 0.3 is 6.71 Å². The third-order valence-electron chi connectivity index (χ3n) is 5.77. The number of carbonyl (C=O) groups excluding carboxylic acids is 3. The van der Waals surface area contributed by atoms with Crippen molar-refractivity contribution in [3.63, 3.8) is 0 Å². The Balaban J connectivity index is 1.66. The zero-order valence-corrected chi connectivity index (χ0v) is 20.7. The normalized spacial score (nSPS) is 10.4. The molecule has 1 N–H and O–H groups in total. The summed E-state index contributed by atoms with van der Waals surface area (Å²) in [5.74, 6) is -1.71. The van der Waals surface area contributed by atoms with E-state index in [1.54, 1.807) is 32.7 Å². The summed E-state index contributed by atoms with van der Waals surface area (Å²) in [5, 5.41) is 2.75. The average molecular weight is 486 g/mol.